The number of H-pyrrole nitrogens is 1. The third-order valence-corrected chi connectivity index (χ3v) is 5.20. The van der Waals surface area contributed by atoms with Crippen LogP contribution in [0.5, 0.6) is 0 Å². The van der Waals surface area contributed by atoms with E-state index < -0.39 is 6.43 Å². The topological polar surface area (TPSA) is 101 Å². The normalized spacial score (nSPS) is 19.7. The van der Waals surface area contributed by atoms with Crippen LogP contribution in [0, 0.1) is 0 Å². The number of carbonyl (C=O) groups excluding carboxylic acids is 1. The van der Waals surface area contributed by atoms with Crippen molar-refractivity contribution in [1.82, 2.24) is 35.1 Å². The monoisotopic (exact) mass is 403 g/mol. The van der Waals surface area contributed by atoms with Gasteiger partial charge in [-0.1, -0.05) is 0 Å². The summed E-state index contributed by atoms with van der Waals surface area (Å²) in [5, 5.41) is 6.24. The first-order chi connectivity index (χ1) is 14.1. The predicted octanol–water partition coefficient (Wildman–Crippen LogP) is 2.43. The molecule has 10 heteroatoms. The molecule has 8 nitrogen and oxygen atoms in total. The van der Waals surface area contributed by atoms with E-state index in [9.17, 15) is 13.6 Å². The number of amides is 1. The van der Waals surface area contributed by atoms with Crippen molar-refractivity contribution in [3.63, 3.8) is 0 Å². The number of carbonyl (C=O) groups is 1. The van der Waals surface area contributed by atoms with E-state index in [0.717, 1.165) is 25.7 Å². The van der Waals surface area contributed by atoms with Crippen LogP contribution in [0.15, 0.2) is 31.0 Å². The first-order valence-corrected chi connectivity index (χ1v) is 9.76. The number of nitrogens with one attached hydrogen (secondary N) is 3. The van der Waals surface area contributed by atoms with Gasteiger partial charge in [0.25, 0.3) is 5.91 Å². The number of hydrogen-bond acceptors (Lipinski definition) is 5. The van der Waals surface area contributed by atoms with Gasteiger partial charge in [0, 0.05) is 43.6 Å². The molecule has 1 fully saturated rings. The lowest BCUT2D eigenvalue weighted by Gasteiger charge is -2.29. The third kappa shape index (κ3) is 4.58. The van der Waals surface area contributed by atoms with E-state index >= 15 is 0 Å². The van der Waals surface area contributed by atoms with Crippen molar-refractivity contribution in [2.75, 3.05) is 6.54 Å². The van der Waals surface area contributed by atoms with Gasteiger partial charge in [-0.25, -0.2) is 23.7 Å². The number of aromatic amines is 1. The van der Waals surface area contributed by atoms with Crippen molar-refractivity contribution in [1.29, 1.82) is 0 Å². The molecule has 1 aliphatic rings. The molecular formula is C19H23F2N7O. The van der Waals surface area contributed by atoms with E-state index in [1.165, 1.54) is 0 Å². The van der Waals surface area contributed by atoms with E-state index in [1.807, 2.05) is 0 Å². The van der Waals surface area contributed by atoms with Gasteiger partial charge in [0.15, 0.2) is 5.69 Å². The lowest BCUT2D eigenvalue weighted by molar-refractivity contribution is 0.0919. The highest BCUT2D eigenvalue weighted by Crippen LogP contribution is 2.21. The van der Waals surface area contributed by atoms with Crippen LogP contribution < -0.4 is 10.6 Å². The van der Waals surface area contributed by atoms with E-state index in [2.05, 4.69) is 30.6 Å². The minimum atomic E-state index is -2.27. The number of rotatable bonds is 7. The molecule has 3 aromatic rings. The number of hydrogen-bond donors (Lipinski definition) is 3. The molecule has 3 heterocycles. The molecule has 3 aromatic heterocycles. The molecule has 0 radical (unpaired) electrons. The van der Waals surface area contributed by atoms with E-state index in [0.29, 0.717) is 29.2 Å². The fourth-order valence-electron chi connectivity index (χ4n) is 3.68. The molecule has 0 spiro atoms. The molecular weight excluding hydrogens is 380 g/mol. The quantitative estimate of drug-likeness (QED) is 0.563. The lowest BCUT2D eigenvalue weighted by atomic mass is 9.91. The molecule has 3 N–H and O–H groups in total. The summed E-state index contributed by atoms with van der Waals surface area (Å²) in [7, 11) is 0. The van der Waals surface area contributed by atoms with E-state index in [1.54, 1.807) is 35.6 Å². The summed E-state index contributed by atoms with van der Waals surface area (Å²) >= 11 is 0. The van der Waals surface area contributed by atoms with Gasteiger partial charge in [-0.05, 0) is 31.7 Å². The zero-order valence-electron chi connectivity index (χ0n) is 15.8. The maximum absolute atomic E-state index is 12.9. The third-order valence-electron chi connectivity index (χ3n) is 5.20. The number of nitrogens with zero attached hydrogens (tertiary/aromatic N) is 4. The average molecular weight is 403 g/mol. The molecule has 0 bridgehead atoms. The number of fused-ring (bicyclic) bond motifs is 1. The van der Waals surface area contributed by atoms with Crippen LogP contribution in [0.25, 0.3) is 17.0 Å². The Labute approximate surface area is 166 Å². The van der Waals surface area contributed by atoms with E-state index in [4.69, 9.17) is 0 Å². The number of aromatic nitrogens is 5. The Morgan fingerprint density at radius 1 is 1.24 bits per heavy atom. The Bertz CT molecular complexity index is 949. The molecule has 1 aliphatic carbocycles. The van der Waals surface area contributed by atoms with Gasteiger partial charge in [-0.3, -0.25) is 9.36 Å². The maximum atomic E-state index is 12.9. The second kappa shape index (κ2) is 8.64. The van der Waals surface area contributed by atoms with Gasteiger partial charge in [0.05, 0.1) is 11.0 Å². The Morgan fingerprint density at radius 3 is 2.76 bits per heavy atom. The summed E-state index contributed by atoms with van der Waals surface area (Å²) in [5.41, 5.74) is 1.54. The SMILES string of the molecule is O=C(N[C@H]1CC[C@H](NCCC(F)F)CC1)c1nc(-n2ccnc2)nc2cc[nH]c12. The van der Waals surface area contributed by atoms with Crippen LogP contribution in [0.3, 0.4) is 0 Å². The minimum absolute atomic E-state index is 0.0346. The molecule has 1 amide bonds. The second-order valence-corrected chi connectivity index (χ2v) is 7.24. The van der Waals surface area contributed by atoms with Gasteiger partial charge < -0.3 is 15.6 Å². The van der Waals surface area contributed by atoms with Crippen molar-refractivity contribution in [2.24, 2.45) is 0 Å². The molecule has 0 saturated heterocycles. The largest absolute Gasteiger partial charge is 0.358 e. The Hall–Kier alpha value is -2.88. The summed E-state index contributed by atoms with van der Waals surface area (Å²) in [6.45, 7) is 0.322. The van der Waals surface area contributed by atoms with Crippen molar-refractivity contribution in [2.45, 2.75) is 50.6 Å². The summed E-state index contributed by atoms with van der Waals surface area (Å²) in [4.78, 5) is 28.9. The molecule has 1 saturated carbocycles. The summed E-state index contributed by atoms with van der Waals surface area (Å²) in [5.74, 6) is 0.127. The summed E-state index contributed by atoms with van der Waals surface area (Å²) in [6, 6.07) is 2.06. The highest BCUT2D eigenvalue weighted by molar-refractivity contribution is 6.03. The predicted molar refractivity (Wildman–Crippen MR) is 103 cm³/mol. The van der Waals surface area contributed by atoms with Crippen LogP contribution in [0.1, 0.15) is 42.6 Å². The Morgan fingerprint density at radius 2 is 2.03 bits per heavy atom. The number of halogens is 2. The zero-order valence-corrected chi connectivity index (χ0v) is 15.8. The minimum Gasteiger partial charge on any atom is -0.358 e. The first kappa shape index (κ1) is 19.4. The Kier molecular flexibility index (Phi) is 5.79. The van der Waals surface area contributed by atoms with E-state index in [-0.39, 0.29) is 24.4 Å². The van der Waals surface area contributed by atoms with Crippen molar-refractivity contribution >= 4 is 16.9 Å². The molecule has 0 atom stereocenters. The van der Waals surface area contributed by atoms with Gasteiger partial charge in [-0.15, -0.1) is 0 Å². The fraction of sp³-hybridized carbons (Fsp3) is 0.474. The van der Waals surface area contributed by atoms with Crippen molar-refractivity contribution in [3.05, 3.63) is 36.7 Å². The summed E-state index contributed by atoms with van der Waals surface area (Å²) in [6.07, 6.45) is 7.53. The van der Waals surface area contributed by atoms with Gasteiger partial charge in [-0.2, -0.15) is 0 Å². The molecule has 29 heavy (non-hydrogen) atoms. The standard InChI is InChI=1S/C19H23F2N7O/c20-15(21)6-8-23-12-1-3-13(4-2-12)25-18(29)17-16-14(5-7-24-16)26-19(27-17)28-10-9-22-11-28/h5,7,9-13,15,23-24H,1-4,6,8H2,(H,25,29)/t12-,13-. The molecule has 0 aromatic carbocycles. The zero-order chi connectivity index (χ0) is 20.2. The lowest BCUT2D eigenvalue weighted by Crippen LogP contribution is -2.42. The van der Waals surface area contributed by atoms with Gasteiger partial charge in [0.1, 0.15) is 6.33 Å². The molecule has 4 rings (SSSR count). The van der Waals surface area contributed by atoms with Gasteiger partial charge in [0.2, 0.25) is 12.4 Å². The first-order valence-electron chi connectivity index (χ1n) is 9.76. The highest BCUT2D eigenvalue weighted by Gasteiger charge is 2.24. The van der Waals surface area contributed by atoms with Gasteiger partial charge >= 0.3 is 0 Å². The smallest absolute Gasteiger partial charge is 0.272 e. The molecule has 154 valence electrons. The number of alkyl halides is 2. The van der Waals surface area contributed by atoms with Crippen LogP contribution in [-0.4, -0.2) is 55.5 Å². The number of imidazole rings is 1. The fourth-order valence-corrected chi connectivity index (χ4v) is 3.68. The van der Waals surface area contributed by atoms with Crippen LogP contribution in [-0.2, 0) is 0 Å². The van der Waals surface area contributed by atoms with Crippen molar-refractivity contribution < 1.29 is 13.6 Å². The highest BCUT2D eigenvalue weighted by atomic mass is 19.3. The summed E-state index contributed by atoms with van der Waals surface area (Å²) < 4.78 is 26.2. The van der Waals surface area contributed by atoms with Crippen LogP contribution in [0.2, 0.25) is 0 Å². The average Bonchev–Trinajstić information content (AvgIpc) is 3.40. The molecule has 0 aliphatic heterocycles. The second-order valence-electron chi connectivity index (χ2n) is 7.24. The van der Waals surface area contributed by atoms with Crippen LogP contribution >= 0.6 is 0 Å². The maximum Gasteiger partial charge on any atom is 0.272 e. The Balaban J connectivity index is 1.40. The van der Waals surface area contributed by atoms with Crippen molar-refractivity contribution in [3.8, 4) is 5.95 Å². The molecule has 0 unspecified atom stereocenters. The van der Waals surface area contributed by atoms with Crippen LogP contribution in [0.4, 0.5) is 8.78 Å².